The molecule has 1 aromatic carbocycles. The maximum Gasteiger partial charge on any atom is 0.573 e. The molecule has 0 amide bonds. The van der Waals surface area contributed by atoms with E-state index in [1.165, 1.54) is 16.7 Å². The predicted molar refractivity (Wildman–Crippen MR) is 122 cm³/mol. The van der Waals surface area contributed by atoms with Gasteiger partial charge in [0.15, 0.2) is 0 Å². The van der Waals surface area contributed by atoms with Gasteiger partial charge in [0.1, 0.15) is 33.3 Å². The molecule has 1 aliphatic heterocycles. The number of phenols is 1. The van der Waals surface area contributed by atoms with Crippen LogP contribution in [0.1, 0.15) is 11.1 Å². The molecule has 1 aliphatic rings. The molecule has 12 heteroatoms. The lowest BCUT2D eigenvalue weighted by Crippen LogP contribution is -2.47. The van der Waals surface area contributed by atoms with Gasteiger partial charge in [-0.1, -0.05) is 0 Å². The van der Waals surface area contributed by atoms with Crippen LogP contribution in [-0.2, 0) is 13.6 Å². The lowest BCUT2D eigenvalue weighted by molar-refractivity contribution is -0.274. The number of halogens is 4. The third-order valence-electron chi connectivity index (χ3n) is 5.66. The molecule has 0 aliphatic carbocycles. The summed E-state index contributed by atoms with van der Waals surface area (Å²) in [4.78, 5) is 21.2. The molecule has 0 spiro atoms. The zero-order valence-electron chi connectivity index (χ0n) is 17.9. The first-order valence-corrected chi connectivity index (χ1v) is 11.0. The van der Waals surface area contributed by atoms with Crippen molar-refractivity contribution in [3.8, 4) is 17.6 Å². The van der Waals surface area contributed by atoms with Crippen molar-refractivity contribution in [1.29, 1.82) is 5.26 Å². The maximum atomic E-state index is 12.8. The summed E-state index contributed by atoms with van der Waals surface area (Å²) >= 11 is 3.35. The number of rotatable bonds is 4. The van der Waals surface area contributed by atoms with E-state index in [1.807, 2.05) is 15.9 Å². The first-order chi connectivity index (χ1) is 16.1. The Labute approximate surface area is 200 Å². The van der Waals surface area contributed by atoms with Crippen LogP contribution in [0.2, 0.25) is 0 Å². The minimum Gasteiger partial charge on any atom is -0.508 e. The number of alkyl halides is 3. The first kappa shape index (κ1) is 23.8. The standard InChI is InChI=1S/C22H19BrF3N5O3/c1-29-16-3-5-18(23)28-19(16)20(15(11-27)21(29)33)31-8-6-30(7-9-31)12-13-10-14(2-4-17(13)32)34-22(24,25)26/h2-5,10,32H,6-9,12H2,1H3. The van der Waals surface area contributed by atoms with Crippen LogP contribution in [0.15, 0.2) is 39.7 Å². The number of pyridine rings is 2. The Kier molecular flexibility index (Phi) is 6.42. The van der Waals surface area contributed by atoms with Gasteiger partial charge in [-0.2, -0.15) is 5.26 Å². The van der Waals surface area contributed by atoms with Crippen LogP contribution >= 0.6 is 15.9 Å². The number of hydrogen-bond acceptors (Lipinski definition) is 7. The fourth-order valence-electron chi connectivity index (χ4n) is 4.03. The largest absolute Gasteiger partial charge is 0.573 e. The van der Waals surface area contributed by atoms with Crippen LogP contribution in [0.25, 0.3) is 11.0 Å². The number of aryl methyl sites for hydroxylation is 1. The highest BCUT2D eigenvalue weighted by molar-refractivity contribution is 9.10. The molecule has 4 rings (SSSR count). The quantitative estimate of drug-likeness (QED) is 0.509. The van der Waals surface area contributed by atoms with Crippen molar-refractivity contribution in [2.75, 3.05) is 31.1 Å². The SMILES string of the molecule is Cn1c(=O)c(C#N)c(N2CCN(Cc3cc(OC(F)(F)F)ccc3O)CC2)c2nc(Br)ccc21. The van der Waals surface area contributed by atoms with Crippen LogP contribution in [0.4, 0.5) is 18.9 Å². The van der Waals surface area contributed by atoms with Crippen LogP contribution in [0, 0.1) is 11.3 Å². The molecule has 3 aromatic rings. The predicted octanol–water partition coefficient (Wildman–Crippen LogP) is 3.49. The second kappa shape index (κ2) is 9.15. The molecule has 1 fully saturated rings. The van der Waals surface area contributed by atoms with E-state index >= 15 is 0 Å². The number of aromatic nitrogens is 2. The summed E-state index contributed by atoms with van der Waals surface area (Å²) in [6.07, 6.45) is -4.82. The third kappa shape index (κ3) is 4.80. The zero-order chi connectivity index (χ0) is 24.6. The molecule has 34 heavy (non-hydrogen) atoms. The Morgan fingerprint density at radius 2 is 1.91 bits per heavy atom. The number of phenolic OH excluding ortho intramolecular Hbond substituents is 1. The van der Waals surface area contributed by atoms with Crippen molar-refractivity contribution >= 4 is 32.7 Å². The lowest BCUT2D eigenvalue weighted by Gasteiger charge is -2.36. The van der Waals surface area contributed by atoms with Gasteiger partial charge in [0.25, 0.3) is 5.56 Å². The number of nitriles is 1. The molecule has 0 atom stereocenters. The fraction of sp³-hybridized carbons (Fsp3) is 0.318. The van der Waals surface area contributed by atoms with Crippen molar-refractivity contribution in [3.05, 3.63) is 56.4 Å². The summed E-state index contributed by atoms with van der Waals surface area (Å²) in [7, 11) is 1.59. The van der Waals surface area contributed by atoms with Gasteiger partial charge in [0.2, 0.25) is 0 Å². The highest BCUT2D eigenvalue weighted by atomic mass is 79.9. The Bertz CT molecular complexity index is 1340. The molecule has 0 radical (unpaired) electrons. The molecular weight excluding hydrogens is 519 g/mol. The molecule has 1 saturated heterocycles. The van der Waals surface area contributed by atoms with E-state index in [0.29, 0.717) is 53.1 Å². The normalized spacial score (nSPS) is 14.9. The smallest absolute Gasteiger partial charge is 0.508 e. The van der Waals surface area contributed by atoms with E-state index in [1.54, 1.807) is 19.2 Å². The average Bonchev–Trinajstić information content (AvgIpc) is 2.78. The lowest BCUT2D eigenvalue weighted by atomic mass is 10.1. The summed E-state index contributed by atoms with van der Waals surface area (Å²) < 4.78 is 43.5. The number of nitrogens with zero attached hydrogens (tertiary/aromatic N) is 5. The van der Waals surface area contributed by atoms with Gasteiger partial charge >= 0.3 is 6.36 Å². The molecule has 3 heterocycles. The number of hydrogen-bond donors (Lipinski definition) is 1. The van der Waals surface area contributed by atoms with Crippen LogP contribution in [0.5, 0.6) is 11.5 Å². The second-order valence-corrected chi connectivity index (χ2v) is 8.62. The summed E-state index contributed by atoms with van der Waals surface area (Å²) in [5.74, 6) is -0.531. The number of aromatic hydroxyl groups is 1. The minimum absolute atomic E-state index is 0.00342. The van der Waals surface area contributed by atoms with Gasteiger partial charge in [0, 0.05) is 45.3 Å². The number of fused-ring (bicyclic) bond motifs is 1. The number of benzene rings is 1. The second-order valence-electron chi connectivity index (χ2n) is 7.80. The van der Waals surface area contributed by atoms with Gasteiger partial charge in [-0.3, -0.25) is 9.69 Å². The first-order valence-electron chi connectivity index (χ1n) is 10.2. The number of piperazine rings is 1. The summed E-state index contributed by atoms with van der Waals surface area (Å²) in [6.45, 7) is 2.08. The van der Waals surface area contributed by atoms with Crippen molar-refractivity contribution in [3.63, 3.8) is 0 Å². The van der Waals surface area contributed by atoms with Gasteiger partial charge in [-0.15, -0.1) is 13.2 Å². The van der Waals surface area contributed by atoms with Crippen LogP contribution in [-0.4, -0.2) is 52.1 Å². The minimum atomic E-state index is -4.82. The van der Waals surface area contributed by atoms with Crippen molar-refractivity contribution in [1.82, 2.24) is 14.5 Å². The van der Waals surface area contributed by atoms with Crippen molar-refractivity contribution < 1.29 is 23.0 Å². The van der Waals surface area contributed by atoms with E-state index in [-0.39, 0.29) is 17.9 Å². The average molecular weight is 538 g/mol. The van der Waals surface area contributed by atoms with E-state index < -0.39 is 17.7 Å². The Balaban J connectivity index is 1.57. The Morgan fingerprint density at radius 3 is 2.56 bits per heavy atom. The summed E-state index contributed by atoms with van der Waals surface area (Å²) in [6, 6.07) is 8.88. The molecule has 2 aromatic heterocycles. The molecule has 0 unspecified atom stereocenters. The van der Waals surface area contributed by atoms with Gasteiger partial charge in [0.05, 0.1) is 11.2 Å². The van der Waals surface area contributed by atoms with E-state index in [0.717, 1.165) is 6.07 Å². The molecule has 178 valence electrons. The number of ether oxygens (including phenoxy) is 1. The van der Waals surface area contributed by atoms with Crippen LogP contribution < -0.4 is 15.2 Å². The highest BCUT2D eigenvalue weighted by Gasteiger charge is 2.31. The number of anilines is 1. The van der Waals surface area contributed by atoms with Crippen molar-refractivity contribution in [2.24, 2.45) is 7.05 Å². The monoisotopic (exact) mass is 537 g/mol. The third-order valence-corrected chi connectivity index (χ3v) is 6.10. The summed E-state index contributed by atoms with van der Waals surface area (Å²) in [5.41, 5.74) is 1.47. The van der Waals surface area contributed by atoms with E-state index in [4.69, 9.17) is 0 Å². The van der Waals surface area contributed by atoms with E-state index in [2.05, 4.69) is 25.7 Å². The molecule has 1 N–H and O–H groups in total. The van der Waals surface area contributed by atoms with Gasteiger partial charge in [-0.25, -0.2) is 4.98 Å². The topological polar surface area (TPSA) is 94.6 Å². The van der Waals surface area contributed by atoms with Crippen molar-refractivity contribution in [2.45, 2.75) is 12.9 Å². The Morgan fingerprint density at radius 1 is 1.21 bits per heavy atom. The molecule has 8 nitrogen and oxygen atoms in total. The molecular formula is C22H19BrF3N5O3. The maximum absolute atomic E-state index is 12.8. The Hall–Kier alpha value is -3.30. The van der Waals surface area contributed by atoms with Gasteiger partial charge < -0.3 is 19.3 Å². The van der Waals surface area contributed by atoms with Crippen LogP contribution in [0.3, 0.4) is 0 Å². The zero-order valence-corrected chi connectivity index (χ0v) is 19.5. The highest BCUT2D eigenvalue weighted by Crippen LogP contribution is 2.31. The summed E-state index contributed by atoms with van der Waals surface area (Å²) in [5, 5.41) is 19.8. The van der Waals surface area contributed by atoms with Gasteiger partial charge in [-0.05, 0) is 46.3 Å². The molecule has 0 bridgehead atoms. The van der Waals surface area contributed by atoms with E-state index in [9.17, 15) is 28.3 Å². The fourth-order valence-corrected chi connectivity index (χ4v) is 4.34. The molecule has 0 saturated carbocycles.